The minimum absolute atomic E-state index is 0.0416. The van der Waals surface area contributed by atoms with Crippen LogP contribution in [0.3, 0.4) is 0 Å². The van der Waals surface area contributed by atoms with Crippen molar-refractivity contribution >= 4 is 28.3 Å². The van der Waals surface area contributed by atoms with Crippen LogP contribution in [0.2, 0.25) is 5.02 Å². The van der Waals surface area contributed by atoms with E-state index >= 15 is 0 Å². The fourth-order valence-corrected chi connectivity index (χ4v) is 2.84. The van der Waals surface area contributed by atoms with Gasteiger partial charge in [-0.05, 0) is 23.8 Å². The van der Waals surface area contributed by atoms with Gasteiger partial charge in [-0.1, -0.05) is 35.9 Å². The summed E-state index contributed by atoms with van der Waals surface area (Å²) in [5, 5.41) is 1.59. The molecule has 1 heterocycles. The molecular formula is C16H8ClNO. The summed E-state index contributed by atoms with van der Waals surface area (Å²) < 4.78 is 0. The Bertz CT molecular complexity index is 854. The van der Waals surface area contributed by atoms with E-state index in [0.717, 1.165) is 27.6 Å². The summed E-state index contributed by atoms with van der Waals surface area (Å²) >= 11 is 6.07. The third-order valence-corrected chi connectivity index (χ3v) is 3.75. The molecule has 1 aliphatic rings. The lowest BCUT2D eigenvalue weighted by Crippen LogP contribution is -1.95. The molecule has 4 rings (SSSR count). The van der Waals surface area contributed by atoms with Crippen molar-refractivity contribution in [2.75, 3.05) is 0 Å². The highest BCUT2D eigenvalue weighted by Crippen LogP contribution is 2.40. The fraction of sp³-hybridized carbons (Fsp3) is 0. The molecule has 90 valence electrons. The van der Waals surface area contributed by atoms with Crippen LogP contribution in [0, 0.1) is 0 Å². The van der Waals surface area contributed by atoms with Crippen LogP contribution in [-0.2, 0) is 0 Å². The Balaban J connectivity index is 2.21. The Morgan fingerprint density at radius 1 is 0.947 bits per heavy atom. The summed E-state index contributed by atoms with van der Waals surface area (Å²) in [5.41, 5.74) is 4.18. The minimum atomic E-state index is 0.0416. The summed E-state index contributed by atoms with van der Waals surface area (Å²) in [7, 11) is 0. The number of nitrogens with zero attached hydrogens (tertiary/aromatic N) is 1. The second kappa shape index (κ2) is 3.65. The number of carbonyl (C=O) groups excluding carboxylic acids is 1. The molecule has 0 unspecified atom stereocenters. The molecule has 0 bridgehead atoms. The minimum Gasteiger partial charge on any atom is -0.289 e. The molecule has 2 nitrogen and oxygen atoms in total. The molecule has 0 fully saturated rings. The summed E-state index contributed by atoms with van der Waals surface area (Å²) in [5.74, 6) is 0.0416. The van der Waals surface area contributed by atoms with Crippen molar-refractivity contribution in [3.8, 4) is 11.1 Å². The number of ketones is 1. The first-order chi connectivity index (χ1) is 9.25. The number of hydrogen-bond donors (Lipinski definition) is 0. The maximum atomic E-state index is 12.3. The van der Waals surface area contributed by atoms with Crippen LogP contribution in [0.1, 0.15) is 15.9 Å². The zero-order chi connectivity index (χ0) is 13.0. The van der Waals surface area contributed by atoms with Crippen molar-refractivity contribution < 1.29 is 4.79 Å². The highest BCUT2D eigenvalue weighted by Gasteiger charge is 2.28. The van der Waals surface area contributed by atoms with E-state index in [1.807, 2.05) is 42.5 Å². The molecule has 0 saturated heterocycles. The van der Waals surface area contributed by atoms with Gasteiger partial charge in [0.05, 0.1) is 5.52 Å². The number of pyridine rings is 1. The third kappa shape index (κ3) is 1.38. The lowest BCUT2D eigenvalue weighted by atomic mass is 10.0. The van der Waals surface area contributed by atoms with Crippen molar-refractivity contribution in [3.05, 3.63) is 64.8 Å². The predicted molar refractivity (Wildman–Crippen MR) is 75.6 cm³/mol. The lowest BCUT2D eigenvalue weighted by molar-refractivity contribution is 0.104. The summed E-state index contributed by atoms with van der Waals surface area (Å²) in [6.45, 7) is 0. The van der Waals surface area contributed by atoms with Gasteiger partial charge in [0.25, 0.3) is 0 Å². The van der Waals surface area contributed by atoms with Gasteiger partial charge >= 0.3 is 0 Å². The first kappa shape index (κ1) is 10.7. The van der Waals surface area contributed by atoms with Crippen LogP contribution < -0.4 is 0 Å². The molecule has 0 N–H and O–H groups in total. The van der Waals surface area contributed by atoms with Crippen LogP contribution in [0.4, 0.5) is 0 Å². The molecule has 0 atom stereocenters. The van der Waals surface area contributed by atoms with E-state index in [2.05, 4.69) is 4.98 Å². The van der Waals surface area contributed by atoms with Crippen LogP contribution in [0.15, 0.2) is 48.7 Å². The normalized spacial score (nSPS) is 12.6. The van der Waals surface area contributed by atoms with E-state index < -0.39 is 0 Å². The van der Waals surface area contributed by atoms with Crippen LogP contribution in [0.5, 0.6) is 0 Å². The Morgan fingerprint density at radius 3 is 2.58 bits per heavy atom. The van der Waals surface area contributed by atoms with Crippen molar-refractivity contribution in [1.29, 1.82) is 0 Å². The van der Waals surface area contributed by atoms with Crippen molar-refractivity contribution in [2.45, 2.75) is 0 Å². The Morgan fingerprint density at radius 2 is 1.74 bits per heavy atom. The van der Waals surface area contributed by atoms with Gasteiger partial charge in [0.15, 0.2) is 5.78 Å². The van der Waals surface area contributed by atoms with E-state index in [4.69, 9.17) is 11.6 Å². The standard InChI is InChI=1S/C16H8ClNO/c17-9-5-6-14-12(7-9)15-10-3-1-2-4-11(10)16(19)13(15)8-18-14/h1-8H. The van der Waals surface area contributed by atoms with Gasteiger partial charge in [0, 0.05) is 33.3 Å². The SMILES string of the molecule is O=C1c2ccccc2-c2c1cnc1ccc(Cl)cc21. The second-order valence-electron chi connectivity index (χ2n) is 4.58. The quantitative estimate of drug-likeness (QED) is 0.479. The maximum Gasteiger partial charge on any atom is 0.195 e. The molecule has 1 aliphatic carbocycles. The number of benzene rings is 2. The number of carbonyl (C=O) groups is 1. The Hall–Kier alpha value is -2.19. The smallest absolute Gasteiger partial charge is 0.195 e. The van der Waals surface area contributed by atoms with E-state index in [9.17, 15) is 4.79 Å². The number of halogens is 1. The second-order valence-corrected chi connectivity index (χ2v) is 5.02. The Kier molecular flexibility index (Phi) is 2.06. The van der Waals surface area contributed by atoms with Crippen LogP contribution in [0.25, 0.3) is 22.0 Å². The topological polar surface area (TPSA) is 30.0 Å². The summed E-state index contributed by atoms with van der Waals surface area (Å²) in [6, 6.07) is 13.2. The molecular weight excluding hydrogens is 258 g/mol. The zero-order valence-electron chi connectivity index (χ0n) is 9.85. The highest BCUT2D eigenvalue weighted by molar-refractivity contribution is 6.32. The molecule has 0 aliphatic heterocycles. The number of fused-ring (bicyclic) bond motifs is 5. The molecule has 0 radical (unpaired) electrons. The Labute approximate surface area is 114 Å². The zero-order valence-corrected chi connectivity index (χ0v) is 10.6. The average molecular weight is 266 g/mol. The number of aromatic nitrogens is 1. The van der Waals surface area contributed by atoms with Crippen LogP contribution >= 0.6 is 11.6 Å². The molecule has 3 heteroatoms. The van der Waals surface area contributed by atoms with Gasteiger partial charge in [0.2, 0.25) is 0 Å². The van der Waals surface area contributed by atoms with E-state index in [1.165, 1.54) is 0 Å². The largest absolute Gasteiger partial charge is 0.289 e. The van der Waals surface area contributed by atoms with Gasteiger partial charge in [0.1, 0.15) is 0 Å². The number of rotatable bonds is 0. The predicted octanol–water partition coefficient (Wildman–Crippen LogP) is 4.10. The average Bonchev–Trinajstić information content (AvgIpc) is 2.73. The van der Waals surface area contributed by atoms with E-state index in [1.54, 1.807) is 6.20 Å². The van der Waals surface area contributed by atoms with Gasteiger partial charge in [-0.3, -0.25) is 9.78 Å². The van der Waals surface area contributed by atoms with Crippen molar-refractivity contribution in [1.82, 2.24) is 4.98 Å². The lowest BCUT2D eigenvalue weighted by Gasteiger charge is -2.05. The van der Waals surface area contributed by atoms with Crippen LogP contribution in [-0.4, -0.2) is 10.8 Å². The van der Waals surface area contributed by atoms with Gasteiger partial charge in [-0.25, -0.2) is 0 Å². The third-order valence-electron chi connectivity index (χ3n) is 3.52. The molecule has 0 amide bonds. The summed E-state index contributed by atoms with van der Waals surface area (Å²) in [6.07, 6.45) is 1.66. The first-order valence-corrected chi connectivity index (χ1v) is 6.36. The molecule has 2 aromatic carbocycles. The number of hydrogen-bond acceptors (Lipinski definition) is 2. The fourth-order valence-electron chi connectivity index (χ4n) is 2.67. The van der Waals surface area contributed by atoms with E-state index in [0.29, 0.717) is 10.6 Å². The monoisotopic (exact) mass is 265 g/mol. The molecule has 0 saturated carbocycles. The highest BCUT2D eigenvalue weighted by atomic mass is 35.5. The van der Waals surface area contributed by atoms with E-state index in [-0.39, 0.29) is 5.78 Å². The molecule has 0 spiro atoms. The van der Waals surface area contributed by atoms with Gasteiger partial charge in [-0.2, -0.15) is 0 Å². The van der Waals surface area contributed by atoms with Crippen molar-refractivity contribution in [3.63, 3.8) is 0 Å². The maximum absolute atomic E-state index is 12.3. The molecule has 3 aromatic rings. The first-order valence-electron chi connectivity index (χ1n) is 5.98. The van der Waals surface area contributed by atoms with Crippen molar-refractivity contribution in [2.24, 2.45) is 0 Å². The molecule has 19 heavy (non-hydrogen) atoms. The summed E-state index contributed by atoms with van der Waals surface area (Å²) in [4.78, 5) is 16.7. The van der Waals surface area contributed by atoms with Gasteiger partial charge < -0.3 is 0 Å². The van der Waals surface area contributed by atoms with Gasteiger partial charge in [-0.15, -0.1) is 0 Å². The molecule has 1 aromatic heterocycles.